The molecule has 0 fully saturated rings. The molecule has 0 saturated carbocycles. The van der Waals surface area contributed by atoms with E-state index < -0.39 is 16.0 Å². The first-order valence-corrected chi connectivity index (χ1v) is 10.6. The number of hydrogen-bond acceptors (Lipinski definition) is 7. The number of amides is 1. The summed E-state index contributed by atoms with van der Waals surface area (Å²) in [4.78, 5) is 27.2. The Morgan fingerprint density at radius 1 is 1.28 bits per heavy atom. The van der Waals surface area contributed by atoms with Crippen LogP contribution in [0.5, 0.6) is 0 Å². The predicted octanol–water partition coefficient (Wildman–Crippen LogP) is 0.528. The quantitative estimate of drug-likeness (QED) is 0.368. The minimum Gasteiger partial charge on any atom is -0.481 e. The molecule has 10 nitrogen and oxygen atoms in total. The Bertz CT molecular complexity index is 927. The maximum atomic E-state index is 12.5. The summed E-state index contributed by atoms with van der Waals surface area (Å²) in [6, 6.07) is 4.25. The third kappa shape index (κ3) is 6.66. The van der Waals surface area contributed by atoms with Crippen LogP contribution in [0.4, 0.5) is 5.69 Å². The number of nitrogens with one attached hydrogen (secondary N) is 4. The number of rotatable bonds is 10. The molecule has 1 aromatic rings. The van der Waals surface area contributed by atoms with E-state index in [2.05, 4.69) is 25.7 Å². The number of carboxylic acids is 1. The summed E-state index contributed by atoms with van der Waals surface area (Å²) in [6.07, 6.45) is 3.46. The summed E-state index contributed by atoms with van der Waals surface area (Å²) in [5, 5.41) is 17.3. The van der Waals surface area contributed by atoms with Crippen LogP contribution in [0.1, 0.15) is 25.3 Å². The Morgan fingerprint density at radius 3 is 2.69 bits per heavy atom. The first-order chi connectivity index (χ1) is 13.7. The van der Waals surface area contributed by atoms with Crippen LogP contribution in [-0.4, -0.2) is 51.0 Å². The standard InChI is InChI=1S/C18H25N5O5S/c1-3-7-19-16-10-15(20-11-21-16)18(26)23-14-5-4-13(9-12(14)2)29(27,28)22-8-6-17(24)25/h4-5,9-11,16,19,22H,3,6-8H2,1-2H3,(H,20,21)(H,23,26)(H,24,25). The second-order valence-electron chi connectivity index (χ2n) is 6.37. The van der Waals surface area contributed by atoms with Crippen molar-refractivity contribution in [3.05, 3.63) is 35.5 Å². The Balaban J connectivity index is 2.06. The van der Waals surface area contributed by atoms with Crippen molar-refractivity contribution in [3.8, 4) is 0 Å². The molecule has 5 N–H and O–H groups in total. The molecule has 0 saturated heterocycles. The second-order valence-corrected chi connectivity index (χ2v) is 8.14. The number of sulfonamides is 1. The van der Waals surface area contributed by atoms with Crippen LogP contribution in [0, 0.1) is 6.92 Å². The summed E-state index contributed by atoms with van der Waals surface area (Å²) >= 11 is 0. The highest BCUT2D eigenvalue weighted by atomic mass is 32.2. The van der Waals surface area contributed by atoms with Gasteiger partial charge in [0.25, 0.3) is 5.91 Å². The van der Waals surface area contributed by atoms with Crippen molar-refractivity contribution in [1.29, 1.82) is 0 Å². The molecular weight excluding hydrogens is 398 g/mol. The molecule has 1 atom stereocenters. The van der Waals surface area contributed by atoms with E-state index in [0.29, 0.717) is 16.9 Å². The van der Waals surface area contributed by atoms with Gasteiger partial charge in [-0.05, 0) is 49.7 Å². The molecule has 0 bridgehead atoms. The van der Waals surface area contributed by atoms with Gasteiger partial charge in [-0.2, -0.15) is 0 Å². The van der Waals surface area contributed by atoms with E-state index in [1.165, 1.54) is 24.5 Å². The molecule has 1 amide bonds. The van der Waals surface area contributed by atoms with E-state index in [0.717, 1.165) is 13.0 Å². The molecule has 1 unspecified atom stereocenters. The van der Waals surface area contributed by atoms with Crippen LogP contribution >= 0.6 is 0 Å². The van der Waals surface area contributed by atoms with E-state index in [9.17, 15) is 18.0 Å². The molecule has 1 aromatic carbocycles. The largest absolute Gasteiger partial charge is 0.481 e. The van der Waals surface area contributed by atoms with Crippen LogP contribution in [-0.2, 0) is 19.6 Å². The van der Waals surface area contributed by atoms with E-state index in [1.807, 2.05) is 6.92 Å². The van der Waals surface area contributed by atoms with Gasteiger partial charge in [0.1, 0.15) is 11.9 Å². The molecule has 1 heterocycles. The first kappa shape index (κ1) is 22.5. The predicted molar refractivity (Wildman–Crippen MR) is 109 cm³/mol. The van der Waals surface area contributed by atoms with Crippen LogP contribution in [0.25, 0.3) is 0 Å². The van der Waals surface area contributed by atoms with E-state index in [-0.39, 0.29) is 29.9 Å². The summed E-state index contributed by atoms with van der Waals surface area (Å²) in [5.41, 5.74) is 1.34. The number of carbonyl (C=O) groups is 2. The van der Waals surface area contributed by atoms with Crippen molar-refractivity contribution in [3.63, 3.8) is 0 Å². The number of carbonyl (C=O) groups excluding carboxylic acids is 1. The smallest absolute Gasteiger partial charge is 0.304 e. The average Bonchev–Trinajstić information content (AvgIpc) is 2.67. The number of nitrogens with zero attached hydrogens (tertiary/aromatic N) is 1. The van der Waals surface area contributed by atoms with Gasteiger partial charge in [0.15, 0.2) is 0 Å². The fourth-order valence-electron chi connectivity index (χ4n) is 2.49. The fourth-order valence-corrected chi connectivity index (χ4v) is 3.61. The van der Waals surface area contributed by atoms with Gasteiger partial charge in [-0.15, -0.1) is 0 Å². The summed E-state index contributed by atoms with van der Waals surface area (Å²) in [5.74, 6) is -1.47. The zero-order valence-electron chi connectivity index (χ0n) is 16.2. The molecule has 1 aliphatic rings. The van der Waals surface area contributed by atoms with Gasteiger partial charge in [-0.3, -0.25) is 19.9 Å². The minimum atomic E-state index is -3.84. The monoisotopic (exact) mass is 423 g/mol. The van der Waals surface area contributed by atoms with E-state index >= 15 is 0 Å². The number of aliphatic carboxylic acids is 1. The maximum absolute atomic E-state index is 12.5. The maximum Gasteiger partial charge on any atom is 0.304 e. The number of aryl methyl sites for hydroxylation is 1. The van der Waals surface area contributed by atoms with Gasteiger partial charge in [0.05, 0.1) is 17.7 Å². The van der Waals surface area contributed by atoms with Crippen molar-refractivity contribution in [1.82, 2.24) is 15.4 Å². The molecule has 0 radical (unpaired) electrons. The molecular formula is C18H25N5O5S. The van der Waals surface area contributed by atoms with Crippen molar-refractivity contribution in [2.24, 2.45) is 4.99 Å². The van der Waals surface area contributed by atoms with Gasteiger partial charge in [0, 0.05) is 12.2 Å². The zero-order valence-corrected chi connectivity index (χ0v) is 17.0. The highest BCUT2D eigenvalue weighted by Gasteiger charge is 2.18. The van der Waals surface area contributed by atoms with Crippen LogP contribution < -0.4 is 20.7 Å². The molecule has 0 spiro atoms. The lowest BCUT2D eigenvalue weighted by Crippen LogP contribution is -2.35. The van der Waals surface area contributed by atoms with Gasteiger partial charge < -0.3 is 15.7 Å². The third-order valence-corrected chi connectivity index (χ3v) is 5.47. The topological polar surface area (TPSA) is 149 Å². The fraction of sp³-hybridized carbons (Fsp3) is 0.389. The Hall–Kier alpha value is -2.76. The van der Waals surface area contributed by atoms with Crippen molar-refractivity contribution < 1.29 is 23.1 Å². The molecule has 0 aromatic heterocycles. The normalized spacial score (nSPS) is 16.1. The van der Waals surface area contributed by atoms with Crippen molar-refractivity contribution >= 4 is 33.9 Å². The first-order valence-electron chi connectivity index (χ1n) is 9.09. The Morgan fingerprint density at radius 2 is 2.03 bits per heavy atom. The summed E-state index contributed by atoms with van der Waals surface area (Å²) in [7, 11) is -3.84. The molecule has 2 rings (SSSR count). The van der Waals surface area contributed by atoms with Crippen LogP contribution in [0.15, 0.2) is 39.9 Å². The van der Waals surface area contributed by atoms with Gasteiger partial charge in [-0.25, -0.2) is 13.1 Å². The lowest BCUT2D eigenvalue weighted by Gasteiger charge is -2.18. The number of aliphatic imine (C=N–C) groups is 1. The van der Waals surface area contributed by atoms with E-state index in [4.69, 9.17) is 5.11 Å². The summed E-state index contributed by atoms with van der Waals surface area (Å²) < 4.78 is 26.7. The van der Waals surface area contributed by atoms with Crippen molar-refractivity contribution in [2.75, 3.05) is 18.4 Å². The second kappa shape index (κ2) is 10.1. The Labute approximate surface area is 169 Å². The number of hydrogen-bond donors (Lipinski definition) is 5. The average molecular weight is 423 g/mol. The Kier molecular flexibility index (Phi) is 7.88. The molecule has 0 aliphatic carbocycles. The van der Waals surface area contributed by atoms with Crippen molar-refractivity contribution in [2.45, 2.75) is 37.8 Å². The number of carboxylic acid groups (broad SMARTS) is 1. The van der Waals surface area contributed by atoms with Gasteiger partial charge >= 0.3 is 5.97 Å². The summed E-state index contributed by atoms with van der Waals surface area (Å²) in [6.45, 7) is 4.26. The third-order valence-electron chi connectivity index (χ3n) is 4.02. The van der Waals surface area contributed by atoms with Gasteiger partial charge in [-0.1, -0.05) is 6.92 Å². The van der Waals surface area contributed by atoms with Crippen LogP contribution in [0.2, 0.25) is 0 Å². The molecule has 29 heavy (non-hydrogen) atoms. The number of benzene rings is 1. The van der Waals surface area contributed by atoms with Crippen LogP contribution in [0.3, 0.4) is 0 Å². The molecule has 1 aliphatic heterocycles. The SMILES string of the molecule is CCCNC1C=C(C(=O)Nc2ccc(S(=O)(=O)NCCC(=O)O)cc2C)NC=N1. The lowest BCUT2D eigenvalue weighted by molar-refractivity contribution is -0.136. The highest BCUT2D eigenvalue weighted by molar-refractivity contribution is 7.89. The molecule has 11 heteroatoms. The minimum absolute atomic E-state index is 0.00985. The van der Waals surface area contributed by atoms with E-state index in [1.54, 1.807) is 13.0 Å². The zero-order chi connectivity index (χ0) is 21.4. The molecule has 158 valence electrons. The number of anilines is 1. The van der Waals surface area contributed by atoms with Gasteiger partial charge in [0.2, 0.25) is 10.0 Å². The highest BCUT2D eigenvalue weighted by Crippen LogP contribution is 2.20. The lowest BCUT2D eigenvalue weighted by atomic mass is 10.2.